The maximum atomic E-state index is 12.9. The highest BCUT2D eigenvalue weighted by Gasteiger charge is 2.68. The van der Waals surface area contributed by atoms with E-state index in [0.717, 1.165) is 25.0 Å². The van der Waals surface area contributed by atoms with E-state index in [2.05, 4.69) is 24.1 Å². The van der Waals surface area contributed by atoms with E-state index in [1.807, 2.05) is 19.9 Å². The standard InChI is InChI=1S/C21H27NO4/c1-11(2)17(24)21(25)7-6-12-10-14-13-4-5-15(23)18-20(13,8-9-22(14)3)16(12)19(21)26-18/h4-6,11,13-15,18,23,25H,7-10H2,1-3H3/t13-,14+,15-,18-,20-,21?/m0/s1. The number of rotatable bonds is 2. The normalized spacial score (nSPS) is 46.2. The van der Waals surface area contributed by atoms with Crippen LogP contribution in [0.15, 0.2) is 35.1 Å². The van der Waals surface area contributed by atoms with Gasteiger partial charge in [-0.15, -0.1) is 0 Å². The van der Waals surface area contributed by atoms with E-state index in [-0.39, 0.29) is 29.5 Å². The summed E-state index contributed by atoms with van der Waals surface area (Å²) in [5, 5.41) is 22.1. The van der Waals surface area contributed by atoms with Crippen molar-refractivity contribution in [1.82, 2.24) is 4.90 Å². The number of piperidine rings is 1. The Kier molecular flexibility index (Phi) is 3.27. The number of aliphatic hydroxyl groups excluding tert-OH is 1. The van der Waals surface area contributed by atoms with Crippen molar-refractivity contribution in [3.8, 4) is 0 Å². The molecule has 0 aromatic rings. The molecular formula is C21H27NO4. The van der Waals surface area contributed by atoms with Crippen LogP contribution in [0.5, 0.6) is 0 Å². The molecule has 5 nitrogen and oxygen atoms in total. The largest absolute Gasteiger partial charge is 0.487 e. The van der Waals surface area contributed by atoms with Crippen LogP contribution >= 0.6 is 0 Å². The van der Waals surface area contributed by atoms with Crippen molar-refractivity contribution in [2.45, 2.75) is 57.0 Å². The fraction of sp³-hybridized carbons (Fsp3) is 0.667. The molecule has 2 aliphatic heterocycles. The van der Waals surface area contributed by atoms with E-state index >= 15 is 0 Å². The van der Waals surface area contributed by atoms with E-state index in [4.69, 9.17) is 4.74 Å². The van der Waals surface area contributed by atoms with E-state index in [9.17, 15) is 15.0 Å². The SMILES string of the molecule is CC(C)C(=O)C1(O)CC=C2C[C@@H]3[C@@H]4C=C[C@H](O)[C@@H]5OC1=C2[C@]45CCN3C. The number of nitrogens with zero attached hydrogens (tertiary/aromatic N) is 1. The van der Waals surface area contributed by atoms with Crippen molar-refractivity contribution in [3.63, 3.8) is 0 Å². The number of aliphatic hydroxyl groups is 2. The fourth-order valence-corrected chi connectivity index (χ4v) is 6.19. The van der Waals surface area contributed by atoms with Crippen LogP contribution in [-0.4, -0.2) is 58.3 Å². The number of carbonyl (C=O) groups excluding carboxylic acids is 1. The van der Waals surface area contributed by atoms with Crippen LogP contribution in [0.2, 0.25) is 0 Å². The summed E-state index contributed by atoms with van der Waals surface area (Å²) >= 11 is 0. The van der Waals surface area contributed by atoms with Crippen molar-refractivity contribution in [2.75, 3.05) is 13.6 Å². The number of hydrogen-bond donors (Lipinski definition) is 2. The van der Waals surface area contributed by atoms with Gasteiger partial charge in [-0.3, -0.25) is 4.79 Å². The van der Waals surface area contributed by atoms with E-state index in [0.29, 0.717) is 11.8 Å². The zero-order chi connectivity index (χ0) is 18.4. The number of Topliss-reactive ketones (excluding diaryl/α,β-unsaturated/α-hetero) is 1. The van der Waals surface area contributed by atoms with Crippen molar-refractivity contribution >= 4 is 5.78 Å². The van der Waals surface area contributed by atoms with Crippen LogP contribution in [0.3, 0.4) is 0 Å². The molecule has 140 valence electrons. The lowest BCUT2D eigenvalue weighted by atomic mass is 9.51. The molecule has 3 aliphatic carbocycles. The summed E-state index contributed by atoms with van der Waals surface area (Å²) in [7, 11) is 2.17. The molecule has 1 saturated heterocycles. The molecule has 6 atom stereocenters. The van der Waals surface area contributed by atoms with E-state index < -0.39 is 17.8 Å². The van der Waals surface area contributed by atoms with Gasteiger partial charge in [0.25, 0.3) is 0 Å². The van der Waals surface area contributed by atoms with Gasteiger partial charge < -0.3 is 19.8 Å². The van der Waals surface area contributed by atoms with Gasteiger partial charge in [0.15, 0.2) is 11.4 Å². The highest BCUT2D eigenvalue weighted by molar-refractivity contribution is 5.93. The smallest absolute Gasteiger partial charge is 0.183 e. The van der Waals surface area contributed by atoms with Gasteiger partial charge in [-0.25, -0.2) is 0 Å². The lowest BCUT2D eigenvalue weighted by Crippen LogP contribution is -2.62. The van der Waals surface area contributed by atoms with E-state index in [1.54, 1.807) is 0 Å². The fourth-order valence-electron chi connectivity index (χ4n) is 6.19. The van der Waals surface area contributed by atoms with Gasteiger partial charge in [0.1, 0.15) is 18.0 Å². The minimum absolute atomic E-state index is 0.195. The Morgan fingerprint density at radius 3 is 2.88 bits per heavy atom. The van der Waals surface area contributed by atoms with Crippen LogP contribution in [0.4, 0.5) is 0 Å². The first-order valence-electron chi connectivity index (χ1n) is 9.75. The third kappa shape index (κ3) is 1.75. The molecule has 26 heavy (non-hydrogen) atoms. The predicted octanol–water partition coefficient (Wildman–Crippen LogP) is 1.57. The predicted molar refractivity (Wildman–Crippen MR) is 96.1 cm³/mol. The summed E-state index contributed by atoms with van der Waals surface area (Å²) in [6, 6.07) is 0.375. The van der Waals surface area contributed by atoms with E-state index in [1.165, 1.54) is 5.57 Å². The monoisotopic (exact) mass is 357 g/mol. The first-order chi connectivity index (χ1) is 12.3. The molecule has 2 N–H and O–H groups in total. The summed E-state index contributed by atoms with van der Waals surface area (Å²) in [4.78, 5) is 15.3. The second kappa shape index (κ2) is 5.09. The third-order valence-corrected chi connectivity index (χ3v) is 7.43. The van der Waals surface area contributed by atoms with Crippen molar-refractivity contribution < 1.29 is 19.7 Å². The molecule has 1 saturated carbocycles. The lowest BCUT2D eigenvalue weighted by Gasteiger charge is -2.58. The molecule has 1 unspecified atom stereocenters. The number of ketones is 1. The van der Waals surface area contributed by atoms with Gasteiger partial charge in [-0.2, -0.15) is 0 Å². The van der Waals surface area contributed by atoms with Crippen molar-refractivity contribution in [2.24, 2.45) is 17.3 Å². The minimum atomic E-state index is -1.60. The molecular weight excluding hydrogens is 330 g/mol. The summed E-state index contributed by atoms with van der Waals surface area (Å²) in [6.07, 6.45) is 6.98. The maximum Gasteiger partial charge on any atom is 0.183 e. The number of carbonyl (C=O) groups is 1. The Bertz CT molecular complexity index is 781. The topological polar surface area (TPSA) is 70.0 Å². The third-order valence-electron chi connectivity index (χ3n) is 7.43. The van der Waals surface area contributed by atoms with Crippen LogP contribution in [-0.2, 0) is 9.53 Å². The van der Waals surface area contributed by atoms with Gasteiger partial charge in [-0.05, 0) is 32.0 Å². The van der Waals surface area contributed by atoms with Gasteiger partial charge in [0.05, 0.1) is 0 Å². The van der Waals surface area contributed by atoms with Crippen molar-refractivity contribution in [1.29, 1.82) is 0 Å². The summed E-state index contributed by atoms with van der Waals surface area (Å²) < 4.78 is 6.31. The molecule has 5 rings (SSSR count). The molecule has 2 bridgehead atoms. The van der Waals surface area contributed by atoms with Gasteiger partial charge in [0, 0.05) is 35.3 Å². The Labute approximate surface area is 154 Å². The lowest BCUT2D eigenvalue weighted by molar-refractivity contribution is -0.144. The first kappa shape index (κ1) is 16.7. The van der Waals surface area contributed by atoms with Gasteiger partial charge >= 0.3 is 0 Å². The summed E-state index contributed by atoms with van der Waals surface area (Å²) in [5.74, 6) is 0.212. The minimum Gasteiger partial charge on any atom is -0.487 e. The number of ether oxygens (including phenoxy) is 1. The molecule has 5 heteroatoms. The van der Waals surface area contributed by atoms with Gasteiger partial charge in [0.2, 0.25) is 0 Å². The second-order valence-corrected chi connectivity index (χ2v) is 9.00. The first-order valence-corrected chi connectivity index (χ1v) is 9.75. The second-order valence-electron chi connectivity index (χ2n) is 9.00. The van der Waals surface area contributed by atoms with Crippen LogP contribution < -0.4 is 0 Å². The highest BCUT2D eigenvalue weighted by Crippen LogP contribution is 2.66. The van der Waals surface area contributed by atoms with Crippen LogP contribution in [0, 0.1) is 17.3 Å². The molecule has 0 aromatic heterocycles. The highest BCUT2D eigenvalue weighted by atomic mass is 16.5. The van der Waals surface area contributed by atoms with Crippen molar-refractivity contribution in [3.05, 3.63) is 35.1 Å². The zero-order valence-corrected chi connectivity index (χ0v) is 15.6. The Morgan fingerprint density at radius 1 is 1.38 bits per heavy atom. The number of hydrogen-bond acceptors (Lipinski definition) is 5. The molecule has 0 aromatic carbocycles. The molecule has 0 amide bonds. The quantitative estimate of drug-likeness (QED) is 0.734. The number of likely N-dealkylation sites (tertiary alicyclic amines) is 1. The van der Waals surface area contributed by atoms with Gasteiger partial charge in [-0.1, -0.05) is 32.1 Å². The molecule has 2 fully saturated rings. The molecule has 1 spiro atoms. The Hall–Kier alpha value is -1.43. The maximum absolute atomic E-state index is 12.9. The van der Waals surface area contributed by atoms with Crippen LogP contribution in [0.1, 0.15) is 33.1 Å². The summed E-state index contributed by atoms with van der Waals surface area (Å²) in [5.41, 5.74) is 0.317. The zero-order valence-electron chi connectivity index (χ0n) is 15.6. The Balaban J connectivity index is 1.73. The summed E-state index contributed by atoms with van der Waals surface area (Å²) in [6.45, 7) is 4.57. The molecule has 2 heterocycles. The molecule has 0 radical (unpaired) electrons. The molecule has 5 aliphatic rings. The average Bonchev–Trinajstić information content (AvgIpc) is 2.97. The Morgan fingerprint density at radius 2 is 2.15 bits per heavy atom. The van der Waals surface area contributed by atoms with Crippen LogP contribution in [0.25, 0.3) is 0 Å². The average molecular weight is 357 g/mol.